The fourth-order valence-electron chi connectivity index (χ4n) is 3.13. The lowest BCUT2D eigenvalue weighted by Gasteiger charge is -2.27. The molecule has 2 aromatic carbocycles. The van der Waals surface area contributed by atoms with Gasteiger partial charge in [-0.2, -0.15) is 5.26 Å². The number of alkyl halides is 1. The summed E-state index contributed by atoms with van der Waals surface area (Å²) in [5, 5.41) is 10.2. The third-order valence-corrected chi connectivity index (χ3v) is 6.79. The first-order chi connectivity index (χ1) is 13.6. The molecular weight excluding hydrogens is 481 g/mol. The third-order valence-electron chi connectivity index (χ3n) is 4.69. The van der Waals surface area contributed by atoms with Crippen LogP contribution in [-0.4, -0.2) is 23.4 Å². The lowest BCUT2D eigenvalue weighted by Crippen LogP contribution is -2.26. The van der Waals surface area contributed by atoms with Crippen molar-refractivity contribution in [1.82, 2.24) is 0 Å². The Balaban J connectivity index is 2.28. The molecule has 0 saturated heterocycles. The number of hydrogen-bond donors (Lipinski definition) is 0. The van der Waals surface area contributed by atoms with Crippen molar-refractivity contribution in [3.63, 3.8) is 0 Å². The quantitative estimate of drug-likeness (QED) is 0.148. The maximum Gasteiger partial charge on any atom is 0.160 e. The molecule has 28 heavy (non-hydrogen) atoms. The van der Waals surface area contributed by atoms with E-state index in [1.165, 1.54) is 12.0 Å². The fraction of sp³-hybridized carbons (Fsp3) is 0.435. The number of hydrogen-bond acceptors (Lipinski definition) is 4. The molecule has 2 aromatic rings. The summed E-state index contributed by atoms with van der Waals surface area (Å²) in [4.78, 5) is 1.14. The maximum absolute atomic E-state index is 10.2. The first-order valence-electron chi connectivity index (χ1n) is 9.49. The van der Waals surface area contributed by atoms with E-state index in [2.05, 4.69) is 59.8 Å². The molecule has 0 N–H and O–H groups in total. The van der Waals surface area contributed by atoms with Gasteiger partial charge in [0.2, 0.25) is 0 Å². The third kappa shape index (κ3) is 6.59. The van der Waals surface area contributed by atoms with Gasteiger partial charge < -0.3 is 9.47 Å². The van der Waals surface area contributed by atoms with Crippen molar-refractivity contribution < 1.29 is 9.47 Å². The SMILES string of the molecule is COc1ccc(CC(C#N)(CCCCCI)Sc2ccc(C)cc2)cc1OC. The molecule has 0 aromatic heterocycles. The Morgan fingerprint density at radius 1 is 1.00 bits per heavy atom. The van der Waals surface area contributed by atoms with Crippen molar-refractivity contribution in [1.29, 1.82) is 5.26 Å². The van der Waals surface area contributed by atoms with Crippen LogP contribution in [0.1, 0.15) is 36.8 Å². The molecule has 0 spiro atoms. The summed E-state index contributed by atoms with van der Waals surface area (Å²) in [6.07, 6.45) is 4.96. The minimum absolute atomic E-state index is 0.500. The highest BCUT2D eigenvalue weighted by Crippen LogP contribution is 2.41. The maximum atomic E-state index is 10.2. The smallest absolute Gasteiger partial charge is 0.160 e. The van der Waals surface area contributed by atoms with Crippen molar-refractivity contribution in [3.05, 3.63) is 53.6 Å². The largest absolute Gasteiger partial charge is 0.493 e. The molecule has 0 heterocycles. The van der Waals surface area contributed by atoms with Gasteiger partial charge in [0, 0.05) is 11.3 Å². The highest BCUT2D eigenvalue weighted by Gasteiger charge is 2.32. The number of benzene rings is 2. The van der Waals surface area contributed by atoms with Crippen LogP contribution < -0.4 is 9.47 Å². The van der Waals surface area contributed by atoms with Crippen molar-refractivity contribution in [2.75, 3.05) is 18.6 Å². The van der Waals surface area contributed by atoms with Gasteiger partial charge in [-0.25, -0.2) is 0 Å². The Morgan fingerprint density at radius 3 is 2.32 bits per heavy atom. The molecule has 0 aliphatic carbocycles. The molecule has 0 aliphatic rings. The van der Waals surface area contributed by atoms with Crippen molar-refractivity contribution in [3.8, 4) is 17.6 Å². The first kappa shape index (κ1) is 22.9. The van der Waals surface area contributed by atoms with Crippen LogP contribution in [0, 0.1) is 18.3 Å². The molecule has 0 saturated carbocycles. The van der Waals surface area contributed by atoms with Crippen LogP contribution in [0.25, 0.3) is 0 Å². The number of nitriles is 1. The lowest BCUT2D eigenvalue weighted by molar-refractivity contribution is 0.354. The molecule has 2 rings (SSSR count). The normalized spacial score (nSPS) is 12.8. The van der Waals surface area contributed by atoms with Gasteiger partial charge in [0.05, 0.1) is 20.3 Å². The van der Waals surface area contributed by atoms with E-state index in [0.29, 0.717) is 17.9 Å². The summed E-state index contributed by atoms with van der Waals surface area (Å²) >= 11 is 4.10. The predicted molar refractivity (Wildman–Crippen MR) is 126 cm³/mol. The Hall–Kier alpha value is -1.39. The van der Waals surface area contributed by atoms with Crippen molar-refractivity contribution in [2.45, 2.75) is 48.7 Å². The van der Waals surface area contributed by atoms with Crippen LogP contribution in [0.4, 0.5) is 0 Å². The molecule has 150 valence electrons. The van der Waals surface area contributed by atoms with Gasteiger partial charge in [-0.1, -0.05) is 59.2 Å². The van der Waals surface area contributed by atoms with Gasteiger partial charge in [-0.15, -0.1) is 11.8 Å². The number of rotatable bonds is 11. The van der Waals surface area contributed by atoms with E-state index in [1.807, 2.05) is 18.2 Å². The number of methoxy groups -OCH3 is 2. The van der Waals surface area contributed by atoms with Crippen molar-refractivity contribution >= 4 is 34.4 Å². The van der Waals surface area contributed by atoms with E-state index in [4.69, 9.17) is 9.47 Å². The topological polar surface area (TPSA) is 42.2 Å². The van der Waals surface area contributed by atoms with Gasteiger partial charge in [0.15, 0.2) is 11.5 Å². The number of halogens is 1. The van der Waals surface area contributed by atoms with E-state index >= 15 is 0 Å². The average molecular weight is 509 g/mol. The summed E-state index contributed by atoms with van der Waals surface area (Å²) in [6.45, 7) is 2.08. The van der Waals surface area contributed by atoms with Crippen LogP contribution in [0.2, 0.25) is 0 Å². The Kier molecular flexibility index (Phi) is 9.46. The van der Waals surface area contributed by atoms with Crippen molar-refractivity contribution in [2.24, 2.45) is 0 Å². The standard InChI is InChI=1S/C23H28INO2S/c1-18-7-10-20(11-8-18)28-23(17-25,13-5-4-6-14-24)16-19-9-12-21(26-2)22(15-19)27-3/h7-12,15H,4-6,13-14,16H2,1-3H3. The molecular formula is C23H28INO2S. The average Bonchev–Trinajstić information content (AvgIpc) is 2.72. The highest BCUT2D eigenvalue weighted by atomic mass is 127. The molecule has 5 heteroatoms. The first-order valence-corrected chi connectivity index (χ1v) is 11.8. The van der Waals surface area contributed by atoms with E-state index in [9.17, 15) is 5.26 Å². The number of ether oxygens (including phenoxy) is 2. The zero-order chi connectivity index (χ0) is 20.4. The van der Waals surface area contributed by atoms with Crippen LogP contribution in [0.3, 0.4) is 0 Å². The van der Waals surface area contributed by atoms with Crippen LogP contribution in [0.15, 0.2) is 47.4 Å². The van der Waals surface area contributed by atoms with E-state index in [-0.39, 0.29) is 0 Å². The Labute approximate surface area is 187 Å². The van der Waals surface area contributed by atoms with Gasteiger partial charge in [-0.3, -0.25) is 0 Å². The minimum atomic E-state index is -0.500. The summed E-state index contributed by atoms with van der Waals surface area (Å²) in [5.74, 6) is 1.42. The van der Waals surface area contributed by atoms with E-state index < -0.39 is 4.75 Å². The summed E-state index contributed by atoms with van der Waals surface area (Å²) in [7, 11) is 3.28. The summed E-state index contributed by atoms with van der Waals surface area (Å²) < 4.78 is 11.5. The summed E-state index contributed by atoms with van der Waals surface area (Å²) in [5.41, 5.74) is 2.32. The molecule has 3 nitrogen and oxygen atoms in total. The second-order valence-corrected chi connectivity index (χ2v) is 9.42. The van der Waals surface area contributed by atoms with Crippen LogP contribution in [-0.2, 0) is 6.42 Å². The van der Waals surface area contributed by atoms with E-state index in [0.717, 1.165) is 34.1 Å². The second kappa shape index (κ2) is 11.6. The Morgan fingerprint density at radius 2 is 1.71 bits per heavy atom. The lowest BCUT2D eigenvalue weighted by atomic mass is 9.93. The second-order valence-electron chi connectivity index (χ2n) is 6.89. The summed E-state index contributed by atoms with van der Waals surface area (Å²) in [6, 6.07) is 17.1. The molecule has 0 bridgehead atoms. The molecule has 0 radical (unpaired) electrons. The fourth-order valence-corrected chi connectivity index (χ4v) is 4.92. The molecule has 0 amide bonds. The highest BCUT2D eigenvalue weighted by molar-refractivity contribution is 14.1. The zero-order valence-electron chi connectivity index (χ0n) is 16.8. The zero-order valence-corrected chi connectivity index (χ0v) is 19.8. The monoisotopic (exact) mass is 509 g/mol. The minimum Gasteiger partial charge on any atom is -0.493 e. The molecule has 0 aliphatic heterocycles. The van der Waals surface area contributed by atoms with Crippen LogP contribution in [0.5, 0.6) is 11.5 Å². The van der Waals surface area contributed by atoms with Gasteiger partial charge >= 0.3 is 0 Å². The number of nitrogens with zero attached hydrogens (tertiary/aromatic N) is 1. The van der Waals surface area contributed by atoms with E-state index in [1.54, 1.807) is 26.0 Å². The van der Waals surface area contributed by atoms with Gasteiger partial charge in [-0.05, 0) is 54.0 Å². The van der Waals surface area contributed by atoms with Crippen LogP contribution >= 0.6 is 34.4 Å². The number of aryl methyl sites for hydroxylation is 1. The molecule has 1 unspecified atom stereocenters. The number of unbranched alkanes of at least 4 members (excludes halogenated alkanes) is 2. The molecule has 1 atom stereocenters. The van der Waals surface area contributed by atoms with Gasteiger partial charge in [0.1, 0.15) is 4.75 Å². The van der Waals surface area contributed by atoms with Gasteiger partial charge in [0.25, 0.3) is 0 Å². The number of thioether (sulfide) groups is 1. The predicted octanol–water partition coefficient (Wildman–Crippen LogP) is 6.60. The molecule has 0 fully saturated rings. The Bertz CT molecular complexity index is 788.